The minimum atomic E-state index is -0.0644. The highest BCUT2D eigenvalue weighted by Crippen LogP contribution is 2.24. The van der Waals surface area contributed by atoms with Gasteiger partial charge in [0, 0.05) is 43.3 Å². The molecule has 1 saturated heterocycles. The summed E-state index contributed by atoms with van der Waals surface area (Å²) in [5.41, 5.74) is 3.76. The summed E-state index contributed by atoms with van der Waals surface area (Å²) >= 11 is 0. The molecular weight excluding hydrogens is 300 g/mol. The summed E-state index contributed by atoms with van der Waals surface area (Å²) in [5, 5.41) is 8.11. The Morgan fingerprint density at radius 3 is 2.92 bits per heavy atom. The summed E-state index contributed by atoms with van der Waals surface area (Å²) < 4.78 is 5.81. The normalized spacial score (nSPS) is 21.4. The number of benzene rings is 1. The number of hydrogen-bond donors (Lipinski definition) is 3. The number of nitrogens with one attached hydrogen (secondary N) is 3. The summed E-state index contributed by atoms with van der Waals surface area (Å²) in [4.78, 5) is 7.77. The van der Waals surface area contributed by atoms with Crippen molar-refractivity contribution >= 4 is 16.9 Å². The summed E-state index contributed by atoms with van der Waals surface area (Å²) in [6.45, 7) is 6.80. The van der Waals surface area contributed by atoms with E-state index >= 15 is 0 Å². The lowest BCUT2D eigenvalue weighted by Crippen LogP contribution is -2.45. The van der Waals surface area contributed by atoms with Crippen molar-refractivity contribution in [2.45, 2.75) is 38.7 Å². The minimum absolute atomic E-state index is 0.0644. The smallest absolute Gasteiger partial charge is 0.191 e. The van der Waals surface area contributed by atoms with Gasteiger partial charge in [-0.3, -0.25) is 4.99 Å². The molecule has 130 valence electrons. The van der Waals surface area contributed by atoms with E-state index in [1.165, 1.54) is 22.2 Å². The lowest BCUT2D eigenvalue weighted by molar-refractivity contribution is 0.0243. The molecule has 0 amide bonds. The highest BCUT2D eigenvalue weighted by molar-refractivity contribution is 5.84. The third-order valence-electron chi connectivity index (χ3n) is 4.85. The van der Waals surface area contributed by atoms with Gasteiger partial charge in [-0.1, -0.05) is 18.2 Å². The topological polar surface area (TPSA) is 61.4 Å². The van der Waals surface area contributed by atoms with Gasteiger partial charge in [0.25, 0.3) is 0 Å². The maximum Gasteiger partial charge on any atom is 0.191 e. The van der Waals surface area contributed by atoms with Crippen LogP contribution in [0.2, 0.25) is 0 Å². The second-order valence-electron chi connectivity index (χ2n) is 6.78. The molecule has 2 heterocycles. The molecule has 0 spiro atoms. The Morgan fingerprint density at radius 2 is 2.17 bits per heavy atom. The largest absolute Gasteiger partial charge is 0.373 e. The Bertz CT molecular complexity index is 713. The fourth-order valence-electron chi connectivity index (χ4n) is 3.43. The Hall–Kier alpha value is -2.01. The van der Waals surface area contributed by atoms with Crippen molar-refractivity contribution in [1.82, 2.24) is 15.6 Å². The fraction of sp³-hybridized carbons (Fsp3) is 0.526. The molecule has 0 saturated carbocycles. The maximum atomic E-state index is 5.81. The standard InChI is InChI=1S/C19H28N4O/c1-14-15(16-7-4-5-8-17(16)23-14)9-11-21-18(20-3)22-13-19(2)10-6-12-24-19/h4-5,7-8,23H,6,9-13H2,1-3H3,(H2,20,21,22). The van der Waals surface area contributed by atoms with Crippen LogP contribution in [0.25, 0.3) is 10.9 Å². The molecule has 0 radical (unpaired) electrons. The number of fused-ring (bicyclic) bond motifs is 1. The van der Waals surface area contributed by atoms with E-state index in [1.807, 2.05) is 7.05 Å². The van der Waals surface area contributed by atoms with E-state index in [1.54, 1.807) is 0 Å². The second kappa shape index (κ2) is 7.26. The Morgan fingerprint density at radius 1 is 1.33 bits per heavy atom. The molecule has 1 aliphatic heterocycles. The molecule has 3 N–H and O–H groups in total. The first-order chi connectivity index (χ1) is 11.6. The quantitative estimate of drug-likeness (QED) is 0.584. The van der Waals surface area contributed by atoms with Crippen LogP contribution in [0, 0.1) is 6.92 Å². The van der Waals surface area contributed by atoms with Crippen molar-refractivity contribution in [3.8, 4) is 0 Å². The van der Waals surface area contributed by atoms with Gasteiger partial charge in [0.2, 0.25) is 0 Å². The van der Waals surface area contributed by atoms with E-state index in [0.29, 0.717) is 0 Å². The van der Waals surface area contributed by atoms with Gasteiger partial charge in [0.15, 0.2) is 5.96 Å². The lowest BCUT2D eigenvalue weighted by Gasteiger charge is -2.24. The highest BCUT2D eigenvalue weighted by Gasteiger charge is 2.29. The van der Waals surface area contributed by atoms with Gasteiger partial charge < -0.3 is 20.4 Å². The molecule has 1 aromatic heterocycles. The van der Waals surface area contributed by atoms with E-state index in [4.69, 9.17) is 4.74 Å². The molecule has 1 fully saturated rings. The van der Waals surface area contributed by atoms with Crippen LogP contribution >= 0.6 is 0 Å². The number of aromatic amines is 1. The first kappa shape index (κ1) is 16.8. The number of aromatic nitrogens is 1. The summed E-state index contributed by atoms with van der Waals surface area (Å²) in [5.74, 6) is 0.837. The molecule has 0 aliphatic carbocycles. The predicted octanol–water partition coefficient (Wildman–Crippen LogP) is 2.75. The van der Waals surface area contributed by atoms with Gasteiger partial charge in [-0.05, 0) is 44.7 Å². The Kier molecular flexibility index (Phi) is 5.09. The summed E-state index contributed by atoms with van der Waals surface area (Å²) in [7, 11) is 1.81. The number of rotatable bonds is 5. The number of H-pyrrole nitrogens is 1. The van der Waals surface area contributed by atoms with Gasteiger partial charge in [0.05, 0.1) is 5.60 Å². The van der Waals surface area contributed by atoms with Crippen molar-refractivity contribution in [2.75, 3.05) is 26.7 Å². The number of para-hydroxylation sites is 1. The van der Waals surface area contributed by atoms with Crippen LogP contribution in [0.3, 0.4) is 0 Å². The van der Waals surface area contributed by atoms with Crippen molar-refractivity contribution in [1.29, 1.82) is 0 Å². The molecule has 3 rings (SSSR count). The van der Waals surface area contributed by atoms with Crippen LogP contribution in [-0.4, -0.2) is 43.3 Å². The monoisotopic (exact) mass is 328 g/mol. The lowest BCUT2D eigenvalue weighted by atomic mass is 10.0. The van der Waals surface area contributed by atoms with Gasteiger partial charge in [-0.2, -0.15) is 0 Å². The van der Waals surface area contributed by atoms with Crippen molar-refractivity contribution < 1.29 is 4.74 Å². The van der Waals surface area contributed by atoms with Crippen LogP contribution in [0.4, 0.5) is 0 Å². The van der Waals surface area contributed by atoms with Gasteiger partial charge in [-0.15, -0.1) is 0 Å². The highest BCUT2D eigenvalue weighted by atomic mass is 16.5. The molecule has 5 heteroatoms. The zero-order chi connectivity index (χ0) is 17.0. The number of ether oxygens (including phenoxy) is 1. The fourth-order valence-corrected chi connectivity index (χ4v) is 3.43. The first-order valence-corrected chi connectivity index (χ1v) is 8.76. The zero-order valence-corrected chi connectivity index (χ0v) is 14.9. The third-order valence-corrected chi connectivity index (χ3v) is 4.85. The molecule has 1 unspecified atom stereocenters. The molecule has 24 heavy (non-hydrogen) atoms. The van der Waals surface area contributed by atoms with Crippen molar-refractivity contribution in [3.63, 3.8) is 0 Å². The number of nitrogens with zero attached hydrogens (tertiary/aromatic N) is 1. The summed E-state index contributed by atoms with van der Waals surface area (Å²) in [6, 6.07) is 8.47. The molecule has 0 bridgehead atoms. The van der Waals surface area contributed by atoms with E-state index in [2.05, 4.69) is 58.7 Å². The van der Waals surface area contributed by atoms with Gasteiger partial charge in [-0.25, -0.2) is 0 Å². The second-order valence-corrected chi connectivity index (χ2v) is 6.78. The number of aryl methyl sites for hydroxylation is 1. The molecule has 1 aliphatic rings. The van der Waals surface area contributed by atoms with Crippen LogP contribution in [0.15, 0.2) is 29.3 Å². The number of aliphatic imine (C=N–C) groups is 1. The summed E-state index contributed by atoms with van der Waals surface area (Å²) in [6.07, 6.45) is 3.21. The third kappa shape index (κ3) is 3.73. The van der Waals surface area contributed by atoms with Crippen LogP contribution in [-0.2, 0) is 11.2 Å². The average molecular weight is 328 g/mol. The average Bonchev–Trinajstić information content (AvgIpc) is 3.15. The first-order valence-electron chi connectivity index (χ1n) is 8.76. The van der Waals surface area contributed by atoms with Crippen LogP contribution in [0.5, 0.6) is 0 Å². The molecule has 1 aromatic carbocycles. The molecular formula is C19H28N4O. The van der Waals surface area contributed by atoms with Gasteiger partial charge >= 0.3 is 0 Å². The SMILES string of the molecule is CN=C(NCCc1c(C)[nH]c2ccccc12)NCC1(C)CCCO1. The predicted molar refractivity (Wildman–Crippen MR) is 99.7 cm³/mol. The van der Waals surface area contributed by atoms with E-state index in [-0.39, 0.29) is 5.60 Å². The minimum Gasteiger partial charge on any atom is -0.373 e. The number of hydrogen-bond acceptors (Lipinski definition) is 2. The maximum absolute atomic E-state index is 5.81. The molecule has 5 nitrogen and oxygen atoms in total. The van der Waals surface area contributed by atoms with E-state index in [9.17, 15) is 0 Å². The van der Waals surface area contributed by atoms with E-state index < -0.39 is 0 Å². The molecule has 1 atom stereocenters. The van der Waals surface area contributed by atoms with E-state index in [0.717, 1.165) is 44.9 Å². The number of guanidine groups is 1. The molecule has 2 aromatic rings. The van der Waals surface area contributed by atoms with Crippen LogP contribution in [0.1, 0.15) is 31.0 Å². The van der Waals surface area contributed by atoms with Crippen molar-refractivity contribution in [2.24, 2.45) is 4.99 Å². The van der Waals surface area contributed by atoms with Crippen molar-refractivity contribution in [3.05, 3.63) is 35.5 Å². The Balaban J connectivity index is 1.53. The zero-order valence-electron chi connectivity index (χ0n) is 14.9. The Labute approximate surface area is 143 Å². The van der Waals surface area contributed by atoms with Gasteiger partial charge in [0.1, 0.15) is 0 Å². The van der Waals surface area contributed by atoms with Crippen LogP contribution < -0.4 is 10.6 Å².